The molecule has 10 heteroatoms. The zero-order valence-electron chi connectivity index (χ0n) is 20.8. The van der Waals surface area contributed by atoms with Crippen molar-refractivity contribution >= 4 is 28.9 Å². The molecule has 0 fully saturated rings. The number of anilines is 2. The number of ether oxygens (including phenoxy) is 3. The van der Waals surface area contributed by atoms with Crippen molar-refractivity contribution in [1.29, 1.82) is 0 Å². The predicted molar refractivity (Wildman–Crippen MR) is 132 cm³/mol. The lowest BCUT2D eigenvalue weighted by Gasteiger charge is -2.28. The second kappa shape index (κ2) is 10.2. The Labute approximate surface area is 204 Å². The first kappa shape index (κ1) is 25.8. The van der Waals surface area contributed by atoms with E-state index in [4.69, 9.17) is 14.2 Å². The molecule has 35 heavy (non-hydrogen) atoms. The summed E-state index contributed by atoms with van der Waals surface area (Å²) in [6, 6.07) is 7.38. The van der Waals surface area contributed by atoms with Crippen LogP contribution < -0.4 is 24.4 Å². The van der Waals surface area contributed by atoms with Gasteiger partial charge in [0.05, 0.1) is 36.3 Å². The summed E-state index contributed by atoms with van der Waals surface area (Å²) >= 11 is 0. The van der Waals surface area contributed by atoms with Gasteiger partial charge in [-0.25, -0.2) is 0 Å². The van der Waals surface area contributed by atoms with Crippen LogP contribution in [0.4, 0.5) is 17.1 Å². The minimum absolute atomic E-state index is 0.0732. The average Bonchev–Trinajstić information content (AvgIpc) is 2.90. The molecule has 0 radical (unpaired) electrons. The van der Waals surface area contributed by atoms with E-state index in [0.29, 0.717) is 29.6 Å². The highest BCUT2D eigenvalue weighted by atomic mass is 16.6. The summed E-state index contributed by atoms with van der Waals surface area (Å²) in [6.45, 7) is 8.55. The normalized spacial score (nSPS) is 14.6. The number of benzene rings is 2. The lowest BCUT2D eigenvalue weighted by molar-refractivity contribution is -0.385. The summed E-state index contributed by atoms with van der Waals surface area (Å²) < 4.78 is 16.3. The van der Waals surface area contributed by atoms with Gasteiger partial charge >= 0.3 is 0 Å². The molecule has 0 saturated heterocycles. The number of hydrogen-bond donors (Lipinski definition) is 1. The lowest BCUT2D eigenvalue weighted by atomic mass is 9.92. The van der Waals surface area contributed by atoms with Crippen molar-refractivity contribution in [2.45, 2.75) is 34.1 Å². The maximum atomic E-state index is 13.3. The van der Waals surface area contributed by atoms with Gasteiger partial charge in [-0.15, -0.1) is 0 Å². The van der Waals surface area contributed by atoms with E-state index in [-0.39, 0.29) is 29.6 Å². The maximum Gasteiger partial charge on any atom is 0.286 e. The molecule has 10 nitrogen and oxygen atoms in total. The van der Waals surface area contributed by atoms with Gasteiger partial charge < -0.3 is 24.4 Å². The molecule has 0 unspecified atom stereocenters. The monoisotopic (exact) mass is 485 g/mol. The van der Waals surface area contributed by atoms with Gasteiger partial charge in [0.2, 0.25) is 5.91 Å². The van der Waals surface area contributed by atoms with Crippen molar-refractivity contribution in [3.63, 3.8) is 0 Å². The summed E-state index contributed by atoms with van der Waals surface area (Å²) in [7, 11) is 2.73. The van der Waals surface area contributed by atoms with Crippen LogP contribution in [-0.2, 0) is 4.79 Å². The Morgan fingerprint density at radius 3 is 2.46 bits per heavy atom. The number of carbonyl (C=O) groups is 2. The van der Waals surface area contributed by atoms with E-state index in [9.17, 15) is 19.7 Å². The largest absolute Gasteiger partial charge is 0.493 e. The molecule has 1 heterocycles. The first-order chi connectivity index (χ1) is 16.5. The van der Waals surface area contributed by atoms with E-state index in [1.54, 1.807) is 23.1 Å². The third-order valence-electron chi connectivity index (χ3n) is 5.79. The van der Waals surface area contributed by atoms with Gasteiger partial charge in [-0.05, 0) is 44.4 Å². The van der Waals surface area contributed by atoms with Crippen LogP contribution in [0.25, 0.3) is 0 Å². The fourth-order valence-electron chi connectivity index (χ4n) is 3.73. The van der Waals surface area contributed by atoms with Crippen LogP contribution in [0.3, 0.4) is 0 Å². The molecule has 0 atom stereocenters. The fourth-order valence-corrected chi connectivity index (χ4v) is 3.73. The summed E-state index contributed by atoms with van der Waals surface area (Å²) in [5.74, 6) is 0.462. The van der Waals surface area contributed by atoms with E-state index < -0.39 is 21.9 Å². The van der Waals surface area contributed by atoms with Crippen LogP contribution in [0.5, 0.6) is 17.2 Å². The van der Waals surface area contributed by atoms with Crippen molar-refractivity contribution in [1.82, 2.24) is 0 Å². The Kier molecular flexibility index (Phi) is 7.52. The van der Waals surface area contributed by atoms with Crippen LogP contribution >= 0.6 is 0 Å². The molecule has 2 aromatic carbocycles. The molecule has 0 aliphatic carbocycles. The van der Waals surface area contributed by atoms with Crippen LogP contribution in [0, 0.1) is 21.4 Å². The molecular formula is C25H31N3O7. The number of fused-ring (bicyclic) bond motifs is 1. The number of nitro groups is 1. The highest BCUT2D eigenvalue weighted by Crippen LogP contribution is 2.39. The van der Waals surface area contributed by atoms with Crippen LogP contribution in [-0.4, -0.2) is 44.1 Å². The molecule has 0 aromatic heterocycles. The smallest absolute Gasteiger partial charge is 0.286 e. The molecule has 0 bridgehead atoms. The third-order valence-corrected chi connectivity index (χ3v) is 5.79. The SMILES string of the molecule is COc1cc(C(=O)Nc2ccc3c(c2)N(CCC(C)C)C(=O)C(C)(C)CO3)c([N+](=O)[O-])cc1OC. The molecule has 188 valence electrons. The molecule has 0 saturated carbocycles. The third kappa shape index (κ3) is 5.47. The quantitative estimate of drug-likeness (QED) is 0.426. The minimum atomic E-state index is -0.723. The predicted octanol–water partition coefficient (Wildman–Crippen LogP) is 4.66. The summed E-state index contributed by atoms with van der Waals surface area (Å²) in [4.78, 5) is 39.0. The molecule has 1 aliphatic rings. The zero-order chi connectivity index (χ0) is 25.9. The second-order valence-electron chi connectivity index (χ2n) is 9.43. The number of nitro benzene ring substituents is 1. The standard InChI is InChI=1S/C25H31N3O7/c1-15(2)9-10-27-19-11-16(7-8-20(19)35-14-25(3,4)24(27)30)26-23(29)17-12-21(33-5)22(34-6)13-18(17)28(31)32/h7-8,11-13,15H,9-10,14H2,1-6H3,(H,26,29). The Hall–Kier alpha value is -3.82. The highest BCUT2D eigenvalue weighted by molar-refractivity contribution is 6.08. The van der Waals surface area contributed by atoms with E-state index in [2.05, 4.69) is 19.2 Å². The van der Waals surface area contributed by atoms with Gasteiger partial charge in [0.15, 0.2) is 11.5 Å². The number of nitrogens with one attached hydrogen (secondary N) is 1. The van der Waals surface area contributed by atoms with Gasteiger partial charge in [-0.1, -0.05) is 13.8 Å². The molecule has 2 aromatic rings. The van der Waals surface area contributed by atoms with Gasteiger partial charge in [-0.2, -0.15) is 0 Å². The lowest BCUT2D eigenvalue weighted by Crippen LogP contribution is -2.42. The number of rotatable bonds is 8. The highest BCUT2D eigenvalue weighted by Gasteiger charge is 2.38. The zero-order valence-corrected chi connectivity index (χ0v) is 20.8. The van der Waals surface area contributed by atoms with Gasteiger partial charge in [0.1, 0.15) is 17.9 Å². The summed E-state index contributed by atoms with van der Waals surface area (Å²) in [5.41, 5.74) is -0.426. The topological polar surface area (TPSA) is 120 Å². The Balaban J connectivity index is 1.99. The van der Waals surface area contributed by atoms with Crippen LogP contribution in [0.15, 0.2) is 30.3 Å². The Morgan fingerprint density at radius 1 is 1.20 bits per heavy atom. The van der Waals surface area contributed by atoms with Gasteiger partial charge in [0, 0.05) is 18.3 Å². The van der Waals surface area contributed by atoms with E-state index in [1.807, 2.05) is 13.8 Å². The number of carbonyl (C=O) groups excluding carboxylic acids is 2. The molecule has 0 spiro atoms. The molecule has 3 rings (SSSR count). The molecular weight excluding hydrogens is 454 g/mol. The van der Waals surface area contributed by atoms with Crippen LogP contribution in [0.1, 0.15) is 44.5 Å². The van der Waals surface area contributed by atoms with E-state index in [1.165, 1.54) is 20.3 Å². The van der Waals surface area contributed by atoms with E-state index in [0.717, 1.165) is 12.5 Å². The van der Waals surface area contributed by atoms with Crippen molar-refractivity contribution in [3.8, 4) is 17.2 Å². The van der Waals surface area contributed by atoms with Crippen LogP contribution in [0.2, 0.25) is 0 Å². The summed E-state index contributed by atoms with van der Waals surface area (Å²) in [5, 5.41) is 14.3. The number of nitrogens with zero attached hydrogens (tertiary/aromatic N) is 2. The van der Waals surface area contributed by atoms with Crippen molar-refractivity contribution < 1.29 is 28.7 Å². The molecule has 2 amide bonds. The fraction of sp³-hybridized carbons (Fsp3) is 0.440. The number of hydrogen-bond acceptors (Lipinski definition) is 7. The average molecular weight is 486 g/mol. The minimum Gasteiger partial charge on any atom is -0.493 e. The molecule has 1 aliphatic heterocycles. The maximum absolute atomic E-state index is 13.3. The first-order valence-electron chi connectivity index (χ1n) is 11.3. The van der Waals surface area contributed by atoms with Crippen molar-refractivity contribution in [2.24, 2.45) is 11.3 Å². The van der Waals surface area contributed by atoms with Gasteiger partial charge in [-0.3, -0.25) is 19.7 Å². The number of amides is 2. The van der Waals surface area contributed by atoms with E-state index >= 15 is 0 Å². The Morgan fingerprint density at radius 2 is 1.86 bits per heavy atom. The first-order valence-corrected chi connectivity index (χ1v) is 11.3. The second-order valence-corrected chi connectivity index (χ2v) is 9.43. The van der Waals surface area contributed by atoms with Crippen molar-refractivity contribution in [3.05, 3.63) is 46.0 Å². The summed E-state index contributed by atoms with van der Waals surface area (Å²) in [6.07, 6.45) is 0.787. The molecule has 1 N–H and O–H groups in total. The Bertz CT molecular complexity index is 1140. The van der Waals surface area contributed by atoms with Crippen molar-refractivity contribution in [2.75, 3.05) is 37.6 Å². The number of methoxy groups -OCH3 is 2. The van der Waals surface area contributed by atoms with Gasteiger partial charge in [0.25, 0.3) is 11.6 Å².